The minimum absolute atomic E-state index is 0.0262. The molecule has 3 rings (SSSR count). The molecular formula is C18H22ClNO5. The fourth-order valence-corrected chi connectivity index (χ4v) is 3.50. The van der Waals surface area contributed by atoms with Gasteiger partial charge in [0.05, 0.1) is 24.0 Å². The van der Waals surface area contributed by atoms with E-state index in [0.29, 0.717) is 49.4 Å². The van der Waals surface area contributed by atoms with E-state index in [4.69, 9.17) is 25.8 Å². The molecule has 0 saturated carbocycles. The van der Waals surface area contributed by atoms with E-state index in [2.05, 4.69) is 0 Å². The second-order valence-electron chi connectivity index (χ2n) is 6.21. The molecule has 1 atom stereocenters. The second kappa shape index (κ2) is 7.95. The van der Waals surface area contributed by atoms with Gasteiger partial charge in [-0.05, 0) is 37.5 Å². The van der Waals surface area contributed by atoms with Crippen LogP contribution in [0.25, 0.3) is 0 Å². The highest BCUT2D eigenvalue weighted by Gasteiger charge is 2.29. The molecule has 0 bridgehead atoms. The zero-order valence-electron chi connectivity index (χ0n) is 14.3. The molecule has 136 valence electrons. The first kappa shape index (κ1) is 17.9. The lowest BCUT2D eigenvalue weighted by Crippen LogP contribution is -2.43. The molecule has 0 N–H and O–H groups in total. The Balaban J connectivity index is 1.65. The van der Waals surface area contributed by atoms with E-state index in [9.17, 15) is 9.59 Å². The number of ether oxygens (including phenoxy) is 3. The van der Waals surface area contributed by atoms with Crippen molar-refractivity contribution in [3.63, 3.8) is 0 Å². The zero-order valence-corrected chi connectivity index (χ0v) is 15.0. The maximum atomic E-state index is 12.6. The predicted octanol–water partition coefficient (Wildman–Crippen LogP) is 2.46. The van der Waals surface area contributed by atoms with Gasteiger partial charge in [-0.3, -0.25) is 9.59 Å². The summed E-state index contributed by atoms with van der Waals surface area (Å²) in [5.41, 5.74) is 0.775. The van der Waals surface area contributed by atoms with Crippen LogP contribution < -0.4 is 9.47 Å². The van der Waals surface area contributed by atoms with Crippen LogP contribution >= 0.6 is 11.6 Å². The van der Waals surface area contributed by atoms with Crippen LogP contribution in [0.5, 0.6) is 11.5 Å². The Kier molecular flexibility index (Phi) is 5.68. The van der Waals surface area contributed by atoms with Crippen molar-refractivity contribution in [3.05, 3.63) is 22.7 Å². The van der Waals surface area contributed by atoms with Gasteiger partial charge < -0.3 is 19.1 Å². The smallest absolute Gasteiger partial charge is 0.310 e. The monoisotopic (exact) mass is 367 g/mol. The van der Waals surface area contributed by atoms with Crippen LogP contribution in [-0.2, 0) is 20.7 Å². The molecule has 1 aromatic carbocycles. The number of piperidine rings is 1. The number of esters is 1. The van der Waals surface area contributed by atoms with E-state index in [-0.39, 0.29) is 24.2 Å². The third-order valence-electron chi connectivity index (χ3n) is 4.41. The Morgan fingerprint density at radius 1 is 1.32 bits per heavy atom. The summed E-state index contributed by atoms with van der Waals surface area (Å²) in [6, 6.07) is 3.53. The summed E-state index contributed by atoms with van der Waals surface area (Å²) in [7, 11) is 0. The van der Waals surface area contributed by atoms with Gasteiger partial charge in [-0.2, -0.15) is 0 Å². The van der Waals surface area contributed by atoms with Gasteiger partial charge in [0.1, 0.15) is 13.2 Å². The van der Waals surface area contributed by atoms with Crippen LogP contribution in [0, 0.1) is 5.92 Å². The van der Waals surface area contributed by atoms with Crippen molar-refractivity contribution < 1.29 is 23.8 Å². The van der Waals surface area contributed by atoms with Gasteiger partial charge in [0, 0.05) is 13.1 Å². The molecular weight excluding hydrogens is 346 g/mol. The van der Waals surface area contributed by atoms with Crippen molar-refractivity contribution in [2.24, 2.45) is 5.92 Å². The van der Waals surface area contributed by atoms with Crippen LogP contribution in [0.3, 0.4) is 0 Å². The third-order valence-corrected chi connectivity index (χ3v) is 4.69. The van der Waals surface area contributed by atoms with Crippen LogP contribution in [0.2, 0.25) is 5.02 Å². The highest BCUT2D eigenvalue weighted by molar-refractivity contribution is 6.32. The Hall–Kier alpha value is -1.95. The minimum atomic E-state index is -0.235. The lowest BCUT2D eigenvalue weighted by molar-refractivity contribution is -0.151. The number of fused-ring (bicyclic) bond motifs is 1. The summed E-state index contributed by atoms with van der Waals surface area (Å²) in [6.07, 6.45) is 1.78. The van der Waals surface area contributed by atoms with E-state index in [0.717, 1.165) is 18.4 Å². The summed E-state index contributed by atoms with van der Waals surface area (Å²) >= 11 is 6.22. The number of hydrogen-bond donors (Lipinski definition) is 0. The first-order valence-electron chi connectivity index (χ1n) is 8.61. The molecule has 2 aliphatic heterocycles. The summed E-state index contributed by atoms with van der Waals surface area (Å²) in [6.45, 7) is 4.15. The largest absolute Gasteiger partial charge is 0.486 e. The van der Waals surface area contributed by atoms with Gasteiger partial charge in [-0.25, -0.2) is 0 Å². The number of hydrogen-bond acceptors (Lipinski definition) is 5. The number of likely N-dealkylation sites (tertiary alicyclic amines) is 1. The molecule has 0 aromatic heterocycles. The van der Waals surface area contributed by atoms with Gasteiger partial charge >= 0.3 is 5.97 Å². The number of benzene rings is 1. The molecule has 2 heterocycles. The van der Waals surface area contributed by atoms with Crippen molar-refractivity contribution in [1.82, 2.24) is 4.90 Å². The van der Waals surface area contributed by atoms with Crippen molar-refractivity contribution in [1.29, 1.82) is 0 Å². The molecule has 0 radical (unpaired) electrons. The maximum absolute atomic E-state index is 12.6. The Bertz CT molecular complexity index is 663. The molecule has 1 saturated heterocycles. The summed E-state index contributed by atoms with van der Waals surface area (Å²) in [5.74, 6) is 0.625. The minimum Gasteiger partial charge on any atom is -0.486 e. The summed E-state index contributed by atoms with van der Waals surface area (Å²) < 4.78 is 16.1. The molecule has 0 aliphatic carbocycles. The van der Waals surface area contributed by atoms with E-state index >= 15 is 0 Å². The van der Waals surface area contributed by atoms with Crippen LogP contribution in [-0.4, -0.2) is 49.7 Å². The topological polar surface area (TPSA) is 65.1 Å². The van der Waals surface area contributed by atoms with Gasteiger partial charge in [0.2, 0.25) is 5.91 Å². The number of rotatable bonds is 4. The predicted molar refractivity (Wildman–Crippen MR) is 92.1 cm³/mol. The van der Waals surface area contributed by atoms with Gasteiger partial charge in [0.15, 0.2) is 11.5 Å². The second-order valence-corrected chi connectivity index (χ2v) is 6.62. The zero-order chi connectivity index (χ0) is 17.8. The fraction of sp³-hybridized carbons (Fsp3) is 0.556. The van der Waals surface area contributed by atoms with Crippen molar-refractivity contribution >= 4 is 23.5 Å². The molecule has 0 spiro atoms. The maximum Gasteiger partial charge on any atom is 0.310 e. The SMILES string of the molecule is CCOC(=O)C1CCCN(C(=O)Cc2cc(Cl)c3c(c2)OCCO3)C1. The van der Waals surface area contributed by atoms with Gasteiger partial charge in [-0.15, -0.1) is 0 Å². The number of nitrogens with zero attached hydrogens (tertiary/aromatic N) is 1. The molecule has 1 amide bonds. The first-order valence-corrected chi connectivity index (χ1v) is 8.98. The molecule has 7 heteroatoms. The average molecular weight is 368 g/mol. The first-order chi connectivity index (χ1) is 12.1. The number of halogens is 1. The lowest BCUT2D eigenvalue weighted by atomic mass is 9.97. The Labute approximate surface area is 152 Å². The van der Waals surface area contributed by atoms with Crippen molar-refractivity contribution in [3.8, 4) is 11.5 Å². The van der Waals surface area contributed by atoms with Crippen molar-refractivity contribution in [2.75, 3.05) is 32.9 Å². The van der Waals surface area contributed by atoms with Crippen LogP contribution in [0.15, 0.2) is 12.1 Å². The van der Waals surface area contributed by atoms with Gasteiger partial charge in [0.25, 0.3) is 0 Å². The van der Waals surface area contributed by atoms with E-state index in [1.54, 1.807) is 24.0 Å². The Morgan fingerprint density at radius 3 is 2.92 bits per heavy atom. The number of carbonyl (C=O) groups is 2. The third kappa shape index (κ3) is 4.18. The Morgan fingerprint density at radius 2 is 2.12 bits per heavy atom. The van der Waals surface area contributed by atoms with Crippen LogP contribution in [0.1, 0.15) is 25.3 Å². The normalized spacial score (nSPS) is 19.4. The standard InChI is InChI=1S/C18H22ClNO5/c1-2-23-18(22)13-4-3-5-20(11-13)16(21)10-12-8-14(19)17-15(9-12)24-6-7-25-17/h8-9,13H,2-7,10-11H2,1H3. The molecule has 1 aromatic rings. The summed E-state index contributed by atoms with van der Waals surface area (Å²) in [5, 5.41) is 0.447. The van der Waals surface area contributed by atoms with Crippen molar-refractivity contribution in [2.45, 2.75) is 26.2 Å². The highest BCUT2D eigenvalue weighted by Crippen LogP contribution is 2.38. The lowest BCUT2D eigenvalue weighted by Gasteiger charge is -2.31. The summed E-state index contributed by atoms with van der Waals surface area (Å²) in [4.78, 5) is 26.3. The number of amides is 1. The molecule has 2 aliphatic rings. The molecule has 1 unspecified atom stereocenters. The van der Waals surface area contributed by atoms with E-state index in [1.165, 1.54) is 0 Å². The quantitative estimate of drug-likeness (QED) is 0.765. The average Bonchev–Trinajstić information content (AvgIpc) is 2.62. The molecule has 1 fully saturated rings. The highest BCUT2D eigenvalue weighted by atomic mass is 35.5. The van der Waals surface area contributed by atoms with Gasteiger partial charge in [-0.1, -0.05) is 11.6 Å². The number of carbonyl (C=O) groups excluding carboxylic acids is 2. The molecule has 25 heavy (non-hydrogen) atoms. The van der Waals surface area contributed by atoms with Crippen LogP contribution in [0.4, 0.5) is 0 Å². The fourth-order valence-electron chi connectivity index (χ4n) is 3.21. The molecule has 6 nitrogen and oxygen atoms in total. The van der Waals surface area contributed by atoms with E-state index in [1.807, 2.05) is 0 Å². The van der Waals surface area contributed by atoms with E-state index < -0.39 is 0 Å².